The summed E-state index contributed by atoms with van der Waals surface area (Å²) < 4.78 is 14.5. The molecule has 0 saturated carbocycles. The predicted molar refractivity (Wildman–Crippen MR) is 256 cm³/mol. The Kier molecular flexibility index (Phi) is 7.11. The van der Waals surface area contributed by atoms with Gasteiger partial charge in [-0.15, -0.1) is 0 Å². The first-order chi connectivity index (χ1) is 28.8. The zero-order chi connectivity index (χ0) is 41.1. The summed E-state index contributed by atoms with van der Waals surface area (Å²) in [6.45, 7) is 19.3. The first kappa shape index (κ1) is 36.0. The molecule has 0 N–H and O–H groups in total. The molecule has 4 aliphatic rings. The normalized spacial score (nSPS) is 17.1. The van der Waals surface area contributed by atoms with Gasteiger partial charge in [0.15, 0.2) is 0 Å². The monoisotopic (exact) mass is 808 g/mol. The summed E-state index contributed by atoms with van der Waals surface area (Å²) in [5, 5.41) is 7.88. The van der Waals surface area contributed by atoms with Crippen LogP contribution in [0.25, 0.3) is 55.3 Å². The molecule has 0 fully saturated rings. The van der Waals surface area contributed by atoms with Gasteiger partial charge in [0.1, 0.15) is 39.1 Å². The molecule has 2 aliphatic heterocycles. The lowest BCUT2D eigenvalue weighted by Gasteiger charge is -2.36. The maximum atomic E-state index is 7.26. The molecule has 0 aromatic heterocycles. The fourth-order valence-corrected chi connectivity index (χ4v) is 17.1. The average Bonchev–Trinajstić information content (AvgIpc) is 3.63. The van der Waals surface area contributed by atoms with Crippen molar-refractivity contribution in [2.75, 3.05) is 0 Å². The van der Waals surface area contributed by atoms with E-state index in [1.165, 1.54) is 87.2 Å². The van der Waals surface area contributed by atoms with E-state index in [9.17, 15) is 0 Å². The van der Waals surface area contributed by atoms with Crippen molar-refractivity contribution in [2.45, 2.75) is 64.7 Å². The van der Waals surface area contributed by atoms with Gasteiger partial charge in [0, 0.05) is 33.1 Å². The molecule has 2 nitrogen and oxygen atoms in total. The van der Waals surface area contributed by atoms with Crippen LogP contribution in [0.4, 0.5) is 0 Å². The first-order valence-electron chi connectivity index (χ1n) is 21.5. The van der Waals surface area contributed by atoms with E-state index in [0.717, 1.165) is 34.1 Å². The third-order valence-electron chi connectivity index (χ3n) is 15.0. The van der Waals surface area contributed by atoms with Crippen molar-refractivity contribution in [3.05, 3.63) is 168 Å². The van der Waals surface area contributed by atoms with Crippen LogP contribution in [0.15, 0.2) is 146 Å². The molecule has 8 aromatic carbocycles. The fraction of sp³-hybridized carbons (Fsp3) is 0.179. The van der Waals surface area contributed by atoms with Crippen molar-refractivity contribution in [1.82, 2.24) is 0 Å². The van der Waals surface area contributed by atoms with Gasteiger partial charge in [-0.3, -0.25) is 0 Å². The first-order valence-corrected chi connectivity index (χ1v) is 27.5. The molecule has 0 amide bonds. The number of fused-ring (bicyclic) bond motifs is 13. The Labute approximate surface area is 355 Å². The van der Waals surface area contributed by atoms with Crippen molar-refractivity contribution < 1.29 is 9.47 Å². The Morgan fingerprint density at radius 2 is 0.733 bits per heavy atom. The van der Waals surface area contributed by atoms with Crippen LogP contribution in [0.1, 0.15) is 49.9 Å². The van der Waals surface area contributed by atoms with E-state index < -0.39 is 16.1 Å². The summed E-state index contributed by atoms with van der Waals surface area (Å²) in [4.78, 5) is 0. The number of para-hydroxylation sites is 2. The quantitative estimate of drug-likeness (QED) is 0.162. The molecule has 12 rings (SSSR count). The van der Waals surface area contributed by atoms with Gasteiger partial charge in [-0.05, 0) is 88.2 Å². The summed E-state index contributed by atoms with van der Waals surface area (Å²) in [6, 6.07) is 54.8. The molecule has 0 atom stereocenters. The Hall–Kier alpha value is -5.95. The summed E-state index contributed by atoms with van der Waals surface area (Å²) in [6.07, 6.45) is 0. The molecular formula is C56H48O2Si2. The van der Waals surface area contributed by atoms with Gasteiger partial charge in [0.2, 0.25) is 0 Å². The van der Waals surface area contributed by atoms with Crippen LogP contribution in [0.2, 0.25) is 26.2 Å². The number of ether oxygens (including phenoxy) is 2. The standard InChI is InChI=1S/C56H48O2Si2/c1-55(2)41-19-11-9-15-39(41)49-43(55)27-29-47-53(49)57-51-37(17-13-21-45(51)59(47,5)6)35-25-23-34-32-36(26-24-33(34)31-35)38-18-14-22-46-52(38)58-54-48(60(46,7)8)30-28-44-50(54)40-16-10-12-20-42(40)56(44,3)4/h9-32H,1-8H3. The summed E-state index contributed by atoms with van der Waals surface area (Å²) in [5.74, 6) is 4.16. The minimum atomic E-state index is -2.11. The summed E-state index contributed by atoms with van der Waals surface area (Å²) in [5.41, 5.74) is 15.1. The molecule has 0 spiro atoms. The molecule has 4 heteroatoms. The van der Waals surface area contributed by atoms with Gasteiger partial charge in [0.25, 0.3) is 0 Å². The average molecular weight is 809 g/mol. The maximum Gasteiger partial charge on any atom is 0.135 e. The lowest BCUT2D eigenvalue weighted by atomic mass is 9.82. The third kappa shape index (κ3) is 4.58. The van der Waals surface area contributed by atoms with Gasteiger partial charge < -0.3 is 9.47 Å². The van der Waals surface area contributed by atoms with Crippen molar-refractivity contribution in [1.29, 1.82) is 0 Å². The molecule has 0 saturated heterocycles. The summed E-state index contributed by atoms with van der Waals surface area (Å²) in [7, 11) is -4.23. The Morgan fingerprint density at radius 3 is 1.17 bits per heavy atom. The van der Waals surface area contributed by atoms with E-state index in [2.05, 4.69) is 199 Å². The molecule has 2 aliphatic carbocycles. The molecule has 0 radical (unpaired) electrons. The van der Waals surface area contributed by atoms with Crippen molar-refractivity contribution in [3.8, 4) is 67.5 Å². The lowest BCUT2D eigenvalue weighted by molar-refractivity contribution is 0.489. The number of hydrogen-bond donors (Lipinski definition) is 0. The van der Waals surface area contributed by atoms with E-state index >= 15 is 0 Å². The van der Waals surface area contributed by atoms with Crippen LogP contribution in [-0.2, 0) is 10.8 Å². The highest BCUT2D eigenvalue weighted by Gasteiger charge is 2.46. The van der Waals surface area contributed by atoms with Crippen LogP contribution in [0, 0.1) is 0 Å². The topological polar surface area (TPSA) is 18.5 Å². The maximum absolute atomic E-state index is 7.26. The largest absolute Gasteiger partial charge is 0.456 e. The fourth-order valence-electron chi connectivity index (χ4n) is 11.5. The minimum absolute atomic E-state index is 0.0791. The second kappa shape index (κ2) is 11.9. The molecule has 8 aromatic rings. The van der Waals surface area contributed by atoms with Gasteiger partial charge in [0.05, 0.1) is 0 Å². The lowest BCUT2D eigenvalue weighted by Crippen LogP contribution is -2.56. The van der Waals surface area contributed by atoms with Crippen molar-refractivity contribution in [3.63, 3.8) is 0 Å². The summed E-state index contributed by atoms with van der Waals surface area (Å²) >= 11 is 0. The van der Waals surface area contributed by atoms with E-state index in [0.29, 0.717) is 0 Å². The number of benzene rings is 8. The van der Waals surface area contributed by atoms with E-state index in [1.807, 2.05) is 0 Å². The van der Waals surface area contributed by atoms with Gasteiger partial charge in [-0.1, -0.05) is 187 Å². The Balaban J connectivity index is 0.948. The zero-order valence-corrected chi connectivity index (χ0v) is 37.7. The molecule has 0 bridgehead atoms. The Morgan fingerprint density at radius 1 is 0.350 bits per heavy atom. The van der Waals surface area contributed by atoms with Crippen LogP contribution in [0.5, 0.6) is 23.0 Å². The third-order valence-corrected chi connectivity index (χ3v) is 22.0. The Bertz CT molecular complexity index is 3000. The van der Waals surface area contributed by atoms with E-state index in [1.54, 1.807) is 0 Å². The van der Waals surface area contributed by atoms with Crippen LogP contribution in [0.3, 0.4) is 0 Å². The van der Waals surface area contributed by atoms with Crippen molar-refractivity contribution in [2.24, 2.45) is 0 Å². The van der Waals surface area contributed by atoms with E-state index in [-0.39, 0.29) is 10.8 Å². The van der Waals surface area contributed by atoms with Crippen LogP contribution >= 0.6 is 0 Å². The smallest absolute Gasteiger partial charge is 0.135 e. The highest BCUT2D eigenvalue weighted by molar-refractivity contribution is 7.02. The highest BCUT2D eigenvalue weighted by Crippen LogP contribution is 2.55. The second-order valence-corrected chi connectivity index (χ2v) is 28.3. The molecule has 60 heavy (non-hydrogen) atoms. The van der Waals surface area contributed by atoms with Gasteiger partial charge in [-0.2, -0.15) is 0 Å². The van der Waals surface area contributed by atoms with Gasteiger partial charge >= 0.3 is 0 Å². The second-order valence-electron chi connectivity index (χ2n) is 19.7. The molecule has 292 valence electrons. The predicted octanol–water partition coefficient (Wildman–Crippen LogP) is 12.6. The molecular weight excluding hydrogens is 761 g/mol. The van der Waals surface area contributed by atoms with Crippen LogP contribution in [-0.4, -0.2) is 16.1 Å². The molecule has 2 heterocycles. The SMILES string of the molecule is CC1(C)c2ccccc2-c2c1ccc1c2Oc2c(-c3ccc4cc(-c5cccc6c5Oc5c(ccc7c5-c5ccccc5C7(C)C)[Si]6(C)C)ccc4c3)cccc2[Si]1(C)C. The van der Waals surface area contributed by atoms with Crippen LogP contribution < -0.4 is 30.2 Å². The number of hydrogen-bond acceptors (Lipinski definition) is 2. The van der Waals surface area contributed by atoms with Gasteiger partial charge in [-0.25, -0.2) is 0 Å². The van der Waals surface area contributed by atoms with Crippen molar-refractivity contribution >= 4 is 47.7 Å². The minimum Gasteiger partial charge on any atom is -0.456 e. The molecule has 0 unspecified atom stereocenters. The zero-order valence-electron chi connectivity index (χ0n) is 35.7. The number of rotatable bonds is 2. The van der Waals surface area contributed by atoms with E-state index in [4.69, 9.17) is 9.47 Å². The highest BCUT2D eigenvalue weighted by atomic mass is 28.3.